The highest BCUT2D eigenvalue weighted by Crippen LogP contribution is 2.09. The van der Waals surface area contributed by atoms with E-state index in [1.165, 1.54) is 6.08 Å². The van der Waals surface area contributed by atoms with E-state index < -0.39 is 0 Å². The molecule has 1 heteroatoms. The standard InChI is InChI=1S/C9H12O/c1-6-8(4)10-9(5)7(2)3/h6H,1-2,4-5H2,3H3. The van der Waals surface area contributed by atoms with Gasteiger partial charge in [-0.15, -0.1) is 0 Å². The van der Waals surface area contributed by atoms with Crippen LogP contribution in [-0.2, 0) is 4.74 Å². The Morgan fingerprint density at radius 1 is 1.30 bits per heavy atom. The summed E-state index contributed by atoms with van der Waals surface area (Å²) < 4.78 is 5.05. The minimum absolute atomic E-state index is 0.494. The molecule has 10 heavy (non-hydrogen) atoms. The van der Waals surface area contributed by atoms with Crippen LogP contribution in [0.5, 0.6) is 0 Å². The van der Waals surface area contributed by atoms with Gasteiger partial charge in [-0.05, 0) is 18.6 Å². The number of allylic oxidation sites excluding steroid dienone is 2. The molecule has 0 bridgehead atoms. The maximum absolute atomic E-state index is 5.05. The Balaban J connectivity index is 3.92. The molecule has 0 aliphatic heterocycles. The molecule has 0 heterocycles. The fourth-order valence-electron chi connectivity index (χ4n) is 0.287. The van der Waals surface area contributed by atoms with Gasteiger partial charge in [0.25, 0.3) is 0 Å². The molecule has 0 fully saturated rings. The SMILES string of the molecule is C=CC(=C)OC(=C)C(=C)C. The van der Waals surface area contributed by atoms with Crippen molar-refractivity contribution in [1.82, 2.24) is 0 Å². The Kier molecular flexibility index (Phi) is 3.26. The van der Waals surface area contributed by atoms with Crippen LogP contribution >= 0.6 is 0 Å². The molecule has 0 saturated carbocycles. The highest BCUT2D eigenvalue weighted by atomic mass is 16.5. The predicted molar refractivity (Wildman–Crippen MR) is 44.4 cm³/mol. The minimum atomic E-state index is 0.494. The third-order valence-electron chi connectivity index (χ3n) is 0.958. The molecule has 0 spiro atoms. The van der Waals surface area contributed by atoms with Crippen molar-refractivity contribution in [3.8, 4) is 0 Å². The van der Waals surface area contributed by atoms with Gasteiger partial charge >= 0.3 is 0 Å². The summed E-state index contributed by atoms with van der Waals surface area (Å²) >= 11 is 0. The van der Waals surface area contributed by atoms with Crippen molar-refractivity contribution < 1.29 is 4.74 Å². The normalized spacial score (nSPS) is 8.10. The molecule has 0 aromatic rings. The van der Waals surface area contributed by atoms with Crippen molar-refractivity contribution in [2.45, 2.75) is 6.92 Å². The van der Waals surface area contributed by atoms with Gasteiger partial charge in [0.15, 0.2) is 0 Å². The number of ether oxygens (including phenoxy) is 1. The largest absolute Gasteiger partial charge is 0.458 e. The topological polar surface area (TPSA) is 9.23 Å². The molecule has 0 unspecified atom stereocenters. The monoisotopic (exact) mass is 136 g/mol. The van der Waals surface area contributed by atoms with E-state index >= 15 is 0 Å². The Labute approximate surface area is 62.0 Å². The average molecular weight is 136 g/mol. The molecule has 0 rings (SSSR count). The summed E-state index contributed by atoms with van der Waals surface area (Å²) in [5.74, 6) is 1.03. The Bertz CT molecular complexity index is 187. The lowest BCUT2D eigenvalue weighted by molar-refractivity contribution is 0.334. The first-order valence-electron chi connectivity index (χ1n) is 2.92. The number of rotatable bonds is 4. The van der Waals surface area contributed by atoms with E-state index in [0.717, 1.165) is 5.57 Å². The average Bonchev–Trinajstić information content (AvgIpc) is 1.87. The lowest BCUT2D eigenvalue weighted by Crippen LogP contribution is -1.87. The molecule has 0 amide bonds. The van der Waals surface area contributed by atoms with E-state index in [2.05, 4.69) is 26.3 Å². The summed E-state index contributed by atoms with van der Waals surface area (Å²) in [6.45, 7) is 16.1. The van der Waals surface area contributed by atoms with Crippen LogP contribution in [0, 0.1) is 0 Å². The van der Waals surface area contributed by atoms with Crippen molar-refractivity contribution in [1.29, 1.82) is 0 Å². The molecular weight excluding hydrogens is 124 g/mol. The Morgan fingerprint density at radius 3 is 2.10 bits per heavy atom. The maximum Gasteiger partial charge on any atom is 0.122 e. The van der Waals surface area contributed by atoms with Gasteiger partial charge in [0, 0.05) is 0 Å². The molecule has 0 radical (unpaired) electrons. The molecule has 54 valence electrons. The molecule has 0 aliphatic rings. The lowest BCUT2D eigenvalue weighted by Gasteiger charge is -2.06. The molecule has 0 N–H and O–H groups in total. The van der Waals surface area contributed by atoms with Gasteiger partial charge < -0.3 is 4.74 Å². The Morgan fingerprint density at radius 2 is 1.80 bits per heavy atom. The molecule has 1 nitrogen and oxygen atoms in total. The van der Waals surface area contributed by atoms with E-state index in [0.29, 0.717) is 11.5 Å². The summed E-state index contributed by atoms with van der Waals surface area (Å²) in [7, 11) is 0. The van der Waals surface area contributed by atoms with E-state index in [-0.39, 0.29) is 0 Å². The molecule has 0 saturated heterocycles. The highest BCUT2D eigenvalue weighted by molar-refractivity contribution is 5.20. The zero-order valence-corrected chi connectivity index (χ0v) is 6.31. The van der Waals surface area contributed by atoms with Crippen molar-refractivity contribution in [3.05, 3.63) is 49.5 Å². The van der Waals surface area contributed by atoms with Gasteiger partial charge in [0.05, 0.1) is 0 Å². The van der Waals surface area contributed by atoms with Gasteiger partial charge in [-0.2, -0.15) is 0 Å². The third-order valence-corrected chi connectivity index (χ3v) is 0.958. The molecular formula is C9H12O. The van der Waals surface area contributed by atoms with Gasteiger partial charge in [0.2, 0.25) is 0 Å². The first-order valence-corrected chi connectivity index (χ1v) is 2.92. The molecule has 0 aliphatic carbocycles. The molecule has 0 aromatic carbocycles. The van der Waals surface area contributed by atoms with Gasteiger partial charge in [-0.1, -0.05) is 26.3 Å². The van der Waals surface area contributed by atoms with Crippen LogP contribution in [0.2, 0.25) is 0 Å². The summed E-state index contributed by atoms with van der Waals surface area (Å²) in [4.78, 5) is 0. The van der Waals surface area contributed by atoms with Gasteiger partial charge in [-0.25, -0.2) is 0 Å². The van der Waals surface area contributed by atoms with E-state index in [1.54, 1.807) is 0 Å². The summed E-state index contributed by atoms with van der Waals surface area (Å²) in [6, 6.07) is 0. The van der Waals surface area contributed by atoms with Crippen LogP contribution in [0.3, 0.4) is 0 Å². The molecule has 0 aromatic heterocycles. The van der Waals surface area contributed by atoms with E-state index in [9.17, 15) is 0 Å². The van der Waals surface area contributed by atoms with Gasteiger partial charge in [0.1, 0.15) is 11.5 Å². The van der Waals surface area contributed by atoms with Crippen molar-refractivity contribution >= 4 is 0 Å². The lowest BCUT2D eigenvalue weighted by atomic mass is 10.3. The van der Waals surface area contributed by atoms with Crippen molar-refractivity contribution in [2.75, 3.05) is 0 Å². The Hall–Kier alpha value is -1.24. The quantitative estimate of drug-likeness (QED) is 0.426. The third kappa shape index (κ3) is 2.92. The van der Waals surface area contributed by atoms with E-state index in [1.807, 2.05) is 6.92 Å². The van der Waals surface area contributed by atoms with Crippen LogP contribution in [0.4, 0.5) is 0 Å². The van der Waals surface area contributed by atoms with Crippen molar-refractivity contribution in [2.24, 2.45) is 0 Å². The fourth-order valence-corrected chi connectivity index (χ4v) is 0.287. The second-order valence-electron chi connectivity index (χ2n) is 1.98. The number of hydrogen-bond acceptors (Lipinski definition) is 1. The highest BCUT2D eigenvalue weighted by Gasteiger charge is 1.94. The van der Waals surface area contributed by atoms with Crippen LogP contribution in [0.15, 0.2) is 49.5 Å². The van der Waals surface area contributed by atoms with Crippen LogP contribution < -0.4 is 0 Å². The van der Waals surface area contributed by atoms with Gasteiger partial charge in [-0.3, -0.25) is 0 Å². The summed E-state index contributed by atoms with van der Waals surface area (Å²) in [6.07, 6.45) is 1.52. The second-order valence-corrected chi connectivity index (χ2v) is 1.98. The minimum Gasteiger partial charge on any atom is -0.458 e. The van der Waals surface area contributed by atoms with E-state index in [4.69, 9.17) is 4.74 Å². The summed E-state index contributed by atoms with van der Waals surface area (Å²) in [5.41, 5.74) is 0.794. The van der Waals surface area contributed by atoms with Crippen LogP contribution in [-0.4, -0.2) is 0 Å². The maximum atomic E-state index is 5.05. The first-order chi connectivity index (χ1) is 4.57. The predicted octanol–water partition coefficient (Wildman–Crippen LogP) is 2.79. The van der Waals surface area contributed by atoms with Crippen LogP contribution in [0.1, 0.15) is 6.92 Å². The zero-order valence-electron chi connectivity index (χ0n) is 6.31. The zero-order chi connectivity index (χ0) is 8.15. The fraction of sp³-hybridized carbons (Fsp3) is 0.111. The summed E-state index contributed by atoms with van der Waals surface area (Å²) in [5, 5.41) is 0. The second kappa shape index (κ2) is 3.72. The molecule has 0 atom stereocenters. The first kappa shape index (κ1) is 8.76. The smallest absolute Gasteiger partial charge is 0.122 e. The number of hydrogen-bond donors (Lipinski definition) is 0. The van der Waals surface area contributed by atoms with Crippen molar-refractivity contribution in [3.63, 3.8) is 0 Å². The van der Waals surface area contributed by atoms with Crippen LogP contribution in [0.25, 0.3) is 0 Å².